The van der Waals surface area contributed by atoms with E-state index in [1.807, 2.05) is 13.8 Å². The van der Waals surface area contributed by atoms with E-state index in [4.69, 9.17) is 14.0 Å². The predicted octanol–water partition coefficient (Wildman–Crippen LogP) is 2.72. The Labute approximate surface area is 148 Å². The predicted molar refractivity (Wildman–Crippen MR) is 94.6 cm³/mol. The molecule has 0 bridgehead atoms. The molecule has 5 heteroatoms. The zero-order valence-electron chi connectivity index (χ0n) is 15.0. The summed E-state index contributed by atoms with van der Waals surface area (Å²) in [7, 11) is 0. The molecule has 0 spiro atoms. The number of aryl methyl sites for hydroxylation is 2. The number of nitrogens with one attached hydrogen (secondary N) is 1. The van der Waals surface area contributed by atoms with Crippen molar-refractivity contribution < 1.29 is 14.0 Å². The highest BCUT2D eigenvalue weighted by Gasteiger charge is 2.31. The van der Waals surface area contributed by atoms with E-state index in [-0.39, 0.29) is 6.10 Å². The van der Waals surface area contributed by atoms with Crippen LogP contribution in [0.25, 0.3) is 0 Å². The van der Waals surface area contributed by atoms with Gasteiger partial charge in [-0.2, -0.15) is 0 Å². The van der Waals surface area contributed by atoms with Crippen molar-refractivity contribution in [2.45, 2.75) is 57.9 Å². The second-order valence-electron chi connectivity index (χ2n) is 7.16. The van der Waals surface area contributed by atoms with E-state index in [9.17, 15) is 0 Å². The quantitative estimate of drug-likeness (QED) is 0.905. The van der Waals surface area contributed by atoms with E-state index < -0.39 is 0 Å². The average Bonchev–Trinajstić information content (AvgIpc) is 3.17. The summed E-state index contributed by atoms with van der Waals surface area (Å²) in [6.45, 7) is 5.85. The number of nitrogens with zero attached hydrogens (tertiary/aromatic N) is 1. The molecular formula is C20H26N2O3. The van der Waals surface area contributed by atoms with Crippen molar-refractivity contribution in [3.63, 3.8) is 0 Å². The summed E-state index contributed by atoms with van der Waals surface area (Å²) >= 11 is 0. The average molecular weight is 342 g/mol. The van der Waals surface area contributed by atoms with Gasteiger partial charge >= 0.3 is 0 Å². The molecule has 0 saturated carbocycles. The molecule has 1 aromatic heterocycles. The van der Waals surface area contributed by atoms with Gasteiger partial charge in [0.2, 0.25) is 0 Å². The third kappa shape index (κ3) is 3.64. The second kappa shape index (κ2) is 7.28. The zero-order valence-corrected chi connectivity index (χ0v) is 15.0. The van der Waals surface area contributed by atoms with E-state index in [0.29, 0.717) is 25.3 Å². The Morgan fingerprint density at radius 3 is 2.64 bits per heavy atom. The molecule has 1 aliphatic carbocycles. The molecule has 1 aliphatic heterocycles. The normalized spacial score (nSPS) is 23.8. The fraction of sp³-hybridized carbons (Fsp3) is 0.550. The van der Waals surface area contributed by atoms with E-state index in [1.54, 1.807) is 0 Å². The third-order valence-corrected chi connectivity index (χ3v) is 5.43. The Morgan fingerprint density at radius 1 is 1.20 bits per heavy atom. The lowest BCUT2D eigenvalue weighted by atomic mass is 10.0. The van der Waals surface area contributed by atoms with Gasteiger partial charge in [-0.3, -0.25) is 0 Å². The van der Waals surface area contributed by atoms with Crippen LogP contribution < -0.4 is 5.32 Å². The first-order valence-corrected chi connectivity index (χ1v) is 9.14. The molecule has 2 aliphatic rings. The zero-order chi connectivity index (χ0) is 17.2. The summed E-state index contributed by atoms with van der Waals surface area (Å²) in [6.07, 6.45) is 3.25. The molecule has 0 amide bonds. The van der Waals surface area contributed by atoms with Gasteiger partial charge in [-0.05, 0) is 44.2 Å². The minimum Gasteiger partial charge on any atom is -0.379 e. The lowest BCUT2D eigenvalue weighted by molar-refractivity contribution is -0.0776. The van der Waals surface area contributed by atoms with Crippen molar-refractivity contribution in [1.82, 2.24) is 10.5 Å². The Bertz CT molecular complexity index is 683. The molecule has 25 heavy (non-hydrogen) atoms. The smallest absolute Gasteiger partial charge is 0.139 e. The maximum absolute atomic E-state index is 6.20. The monoisotopic (exact) mass is 342 g/mol. The van der Waals surface area contributed by atoms with Crippen LogP contribution in [-0.2, 0) is 28.9 Å². The van der Waals surface area contributed by atoms with Crippen LogP contribution in [0.15, 0.2) is 28.8 Å². The summed E-state index contributed by atoms with van der Waals surface area (Å²) in [5.74, 6) is 0.838. The Morgan fingerprint density at radius 2 is 1.96 bits per heavy atom. The van der Waals surface area contributed by atoms with Crippen LogP contribution in [-0.4, -0.2) is 36.6 Å². The molecule has 1 aromatic carbocycles. The fourth-order valence-electron chi connectivity index (χ4n) is 3.94. The Balaban J connectivity index is 1.37. The maximum Gasteiger partial charge on any atom is 0.139 e. The van der Waals surface area contributed by atoms with Crippen molar-refractivity contribution in [3.8, 4) is 0 Å². The maximum atomic E-state index is 6.20. The molecule has 1 fully saturated rings. The summed E-state index contributed by atoms with van der Waals surface area (Å²) in [5.41, 5.74) is 4.91. The molecule has 1 saturated heterocycles. The highest BCUT2D eigenvalue weighted by atomic mass is 16.5. The van der Waals surface area contributed by atoms with Crippen LogP contribution >= 0.6 is 0 Å². The number of fused-ring (bicyclic) bond motifs is 1. The second-order valence-corrected chi connectivity index (χ2v) is 7.16. The Kier molecular flexibility index (Phi) is 4.88. The van der Waals surface area contributed by atoms with Crippen LogP contribution in [0.3, 0.4) is 0 Å². The van der Waals surface area contributed by atoms with Crippen molar-refractivity contribution >= 4 is 0 Å². The van der Waals surface area contributed by atoms with E-state index >= 15 is 0 Å². The molecule has 0 radical (unpaired) electrons. The lowest BCUT2D eigenvalue weighted by Gasteiger charge is -2.34. The molecule has 2 atom stereocenters. The van der Waals surface area contributed by atoms with E-state index in [2.05, 4.69) is 34.7 Å². The SMILES string of the molecule is Cc1noc(C)c1CO[C@@H]1COCC[C@H]1NC1Cc2ccccc2C1. The van der Waals surface area contributed by atoms with Crippen LogP contribution in [0.4, 0.5) is 0 Å². The van der Waals surface area contributed by atoms with Crippen LogP contribution in [0.5, 0.6) is 0 Å². The molecule has 5 nitrogen and oxygen atoms in total. The van der Waals surface area contributed by atoms with Crippen molar-refractivity contribution in [2.75, 3.05) is 13.2 Å². The van der Waals surface area contributed by atoms with Crippen LogP contribution in [0.2, 0.25) is 0 Å². The lowest BCUT2D eigenvalue weighted by Crippen LogP contribution is -2.51. The van der Waals surface area contributed by atoms with Crippen LogP contribution in [0.1, 0.15) is 34.6 Å². The molecule has 4 rings (SSSR count). The highest BCUT2D eigenvalue weighted by Crippen LogP contribution is 2.24. The van der Waals surface area contributed by atoms with Gasteiger partial charge in [0.1, 0.15) is 5.76 Å². The molecule has 134 valence electrons. The summed E-state index contributed by atoms with van der Waals surface area (Å²) in [6, 6.07) is 9.56. The van der Waals surface area contributed by atoms with Crippen molar-refractivity contribution in [3.05, 3.63) is 52.4 Å². The number of aromatic nitrogens is 1. The molecule has 1 N–H and O–H groups in total. The van der Waals surface area contributed by atoms with Gasteiger partial charge in [0, 0.05) is 24.3 Å². The minimum atomic E-state index is 0.0613. The summed E-state index contributed by atoms with van der Waals surface area (Å²) in [4.78, 5) is 0. The van der Waals surface area contributed by atoms with Gasteiger partial charge in [-0.1, -0.05) is 29.4 Å². The summed E-state index contributed by atoms with van der Waals surface area (Å²) in [5, 5.41) is 7.83. The first-order chi connectivity index (χ1) is 12.2. The topological polar surface area (TPSA) is 56.5 Å². The van der Waals surface area contributed by atoms with Gasteiger partial charge in [0.05, 0.1) is 25.0 Å². The van der Waals surface area contributed by atoms with Gasteiger partial charge < -0.3 is 19.3 Å². The van der Waals surface area contributed by atoms with E-state index in [1.165, 1.54) is 11.1 Å². The van der Waals surface area contributed by atoms with Crippen molar-refractivity contribution in [2.24, 2.45) is 0 Å². The number of hydrogen-bond donors (Lipinski definition) is 1. The number of hydrogen-bond acceptors (Lipinski definition) is 5. The van der Waals surface area contributed by atoms with Gasteiger partial charge in [0.15, 0.2) is 0 Å². The highest BCUT2D eigenvalue weighted by molar-refractivity contribution is 5.33. The number of benzene rings is 1. The van der Waals surface area contributed by atoms with Crippen LogP contribution in [0, 0.1) is 13.8 Å². The minimum absolute atomic E-state index is 0.0613. The molecule has 0 unspecified atom stereocenters. The molecule has 2 aromatic rings. The summed E-state index contributed by atoms with van der Waals surface area (Å²) < 4.78 is 17.1. The van der Waals surface area contributed by atoms with Crippen molar-refractivity contribution in [1.29, 1.82) is 0 Å². The van der Waals surface area contributed by atoms with Gasteiger partial charge in [-0.25, -0.2) is 0 Å². The van der Waals surface area contributed by atoms with Gasteiger partial charge in [0.25, 0.3) is 0 Å². The number of rotatable bonds is 5. The molecule has 2 heterocycles. The largest absolute Gasteiger partial charge is 0.379 e. The Hall–Kier alpha value is -1.69. The standard InChI is InChI=1S/C20H26N2O3/c1-13-18(14(2)25-22-13)11-24-20-12-23-8-7-19(20)21-17-9-15-5-3-4-6-16(15)10-17/h3-6,17,19-21H,7-12H2,1-2H3/t19-,20-/m1/s1. The fourth-order valence-corrected chi connectivity index (χ4v) is 3.94. The third-order valence-electron chi connectivity index (χ3n) is 5.43. The number of ether oxygens (including phenoxy) is 2. The first kappa shape index (κ1) is 16.8. The van der Waals surface area contributed by atoms with Gasteiger partial charge in [-0.15, -0.1) is 0 Å². The first-order valence-electron chi connectivity index (χ1n) is 9.14. The molecular weight excluding hydrogens is 316 g/mol. The van der Waals surface area contributed by atoms with E-state index in [0.717, 1.165) is 42.9 Å².